The minimum Gasteiger partial charge on any atom is -0.394 e. The van der Waals surface area contributed by atoms with E-state index in [9.17, 15) is 15.0 Å². The number of aliphatic hydroxyl groups excluding tert-OH is 2. The molecule has 2 unspecified atom stereocenters. The molecule has 0 spiro atoms. The Morgan fingerprint density at radius 3 is 1.13 bits per heavy atom. The second-order valence-corrected chi connectivity index (χ2v) is 16.5. The number of carbonyl (C=O) groups excluding carboxylic acids is 1. The van der Waals surface area contributed by atoms with E-state index in [1.165, 1.54) is 180 Å². The van der Waals surface area contributed by atoms with Crippen LogP contribution in [0.25, 0.3) is 0 Å². The van der Waals surface area contributed by atoms with Gasteiger partial charge in [-0.1, -0.05) is 229 Å². The Bertz CT molecular complexity index is 877. The first-order valence-electron chi connectivity index (χ1n) is 24.4. The fourth-order valence-corrected chi connectivity index (χ4v) is 7.27. The Hall–Kier alpha value is -1.65. The van der Waals surface area contributed by atoms with Crippen LogP contribution in [0.2, 0.25) is 0 Å². The predicted molar refractivity (Wildman–Crippen MR) is 244 cm³/mol. The average Bonchev–Trinajstić information content (AvgIpc) is 3.19. The summed E-state index contributed by atoms with van der Waals surface area (Å²) in [5.41, 5.74) is 0. The Morgan fingerprint density at radius 2 is 0.745 bits per heavy atom. The first-order chi connectivity index (χ1) is 27.2. The van der Waals surface area contributed by atoms with E-state index < -0.39 is 12.1 Å². The van der Waals surface area contributed by atoms with E-state index in [2.05, 4.69) is 55.6 Å². The topological polar surface area (TPSA) is 69.6 Å². The van der Waals surface area contributed by atoms with Crippen molar-refractivity contribution in [2.24, 2.45) is 0 Å². The lowest BCUT2D eigenvalue weighted by Crippen LogP contribution is -2.45. The number of hydrogen-bond acceptors (Lipinski definition) is 3. The quantitative estimate of drug-likeness (QED) is 0.0427. The molecule has 0 saturated heterocycles. The Kier molecular flexibility index (Phi) is 45.3. The summed E-state index contributed by atoms with van der Waals surface area (Å²) in [6.07, 6.45) is 64.1. The molecule has 1 amide bonds. The molecule has 0 aromatic rings. The fourth-order valence-electron chi connectivity index (χ4n) is 7.27. The van der Waals surface area contributed by atoms with E-state index in [4.69, 9.17) is 0 Å². The molecule has 0 fully saturated rings. The summed E-state index contributed by atoms with van der Waals surface area (Å²) < 4.78 is 0. The molecule has 322 valence electrons. The molecule has 0 saturated carbocycles. The van der Waals surface area contributed by atoms with Crippen LogP contribution in [0, 0.1) is 0 Å². The molecular weight excluding hydrogens is 675 g/mol. The van der Waals surface area contributed by atoms with Crippen LogP contribution in [0.15, 0.2) is 48.6 Å². The standard InChI is InChI=1S/C51H95NO3/c1-3-5-7-9-11-13-15-16-17-18-19-20-21-22-23-24-25-26-27-28-29-30-31-32-33-34-35-36-37-38-40-42-44-46-50(54)49(48-53)52-51(55)47-45-43-41-39-14-12-10-8-6-4-2/h8,10,33-34,37-38,44,46,49-50,53-54H,3-7,9,11-32,35-36,39-43,45,47-48H2,1-2H3,(H,52,55)/b10-8-,34-33+,38-37+,46-44+. The van der Waals surface area contributed by atoms with Crippen LogP contribution in [-0.4, -0.2) is 34.9 Å². The molecule has 3 N–H and O–H groups in total. The van der Waals surface area contributed by atoms with Crippen molar-refractivity contribution in [3.05, 3.63) is 48.6 Å². The maximum absolute atomic E-state index is 12.3. The van der Waals surface area contributed by atoms with Crippen molar-refractivity contribution >= 4 is 5.91 Å². The highest BCUT2D eigenvalue weighted by Gasteiger charge is 2.17. The van der Waals surface area contributed by atoms with Crippen molar-refractivity contribution in [3.63, 3.8) is 0 Å². The van der Waals surface area contributed by atoms with Gasteiger partial charge in [0.2, 0.25) is 5.91 Å². The molecule has 0 heterocycles. The van der Waals surface area contributed by atoms with Gasteiger partial charge >= 0.3 is 0 Å². The molecule has 0 radical (unpaired) electrons. The zero-order valence-corrected chi connectivity index (χ0v) is 36.9. The van der Waals surface area contributed by atoms with Gasteiger partial charge in [0.1, 0.15) is 0 Å². The van der Waals surface area contributed by atoms with Gasteiger partial charge in [0.25, 0.3) is 0 Å². The normalized spacial score (nSPS) is 13.3. The first-order valence-corrected chi connectivity index (χ1v) is 24.4. The van der Waals surface area contributed by atoms with Crippen LogP contribution in [0.1, 0.15) is 251 Å². The molecule has 0 aliphatic rings. The van der Waals surface area contributed by atoms with Gasteiger partial charge in [0.15, 0.2) is 0 Å². The highest BCUT2D eigenvalue weighted by Crippen LogP contribution is 2.16. The Balaban J connectivity index is 3.50. The van der Waals surface area contributed by atoms with E-state index in [1.807, 2.05) is 6.08 Å². The molecule has 0 rings (SSSR count). The molecule has 0 aromatic carbocycles. The number of carbonyl (C=O) groups is 1. The highest BCUT2D eigenvalue weighted by molar-refractivity contribution is 5.76. The number of amides is 1. The molecule has 4 heteroatoms. The molecule has 0 aliphatic carbocycles. The van der Waals surface area contributed by atoms with E-state index in [0.717, 1.165) is 51.4 Å². The van der Waals surface area contributed by atoms with Gasteiger partial charge in [-0.15, -0.1) is 0 Å². The number of allylic oxidation sites excluding steroid dienone is 7. The largest absolute Gasteiger partial charge is 0.394 e. The van der Waals surface area contributed by atoms with Crippen LogP contribution in [0.5, 0.6) is 0 Å². The van der Waals surface area contributed by atoms with Gasteiger partial charge in [-0.3, -0.25) is 4.79 Å². The predicted octanol–water partition coefficient (Wildman–Crippen LogP) is 15.5. The van der Waals surface area contributed by atoms with Gasteiger partial charge < -0.3 is 15.5 Å². The molecule has 55 heavy (non-hydrogen) atoms. The van der Waals surface area contributed by atoms with E-state index in [1.54, 1.807) is 6.08 Å². The number of unbranched alkanes of at least 4 members (excludes halogenated alkanes) is 31. The van der Waals surface area contributed by atoms with Gasteiger partial charge in [-0.2, -0.15) is 0 Å². The van der Waals surface area contributed by atoms with Crippen molar-refractivity contribution in [1.82, 2.24) is 5.32 Å². The monoisotopic (exact) mass is 770 g/mol. The third-order valence-corrected chi connectivity index (χ3v) is 11.0. The fraction of sp³-hybridized carbons (Fsp3) is 0.824. The van der Waals surface area contributed by atoms with Crippen LogP contribution in [-0.2, 0) is 4.79 Å². The SMILES string of the molecule is CCC/C=C\CCCCCCCC(=O)NC(CO)C(O)/C=C/CC/C=C/CC/C=C/CCCCCCCCCCCCCCCCCCCCCCCCC. The number of aliphatic hydroxyl groups is 2. The lowest BCUT2D eigenvalue weighted by molar-refractivity contribution is -0.123. The Labute approximate surface area is 344 Å². The van der Waals surface area contributed by atoms with Crippen LogP contribution in [0.3, 0.4) is 0 Å². The van der Waals surface area contributed by atoms with E-state index in [-0.39, 0.29) is 12.5 Å². The van der Waals surface area contributed by atoms with E-state index in [0.29, 0.717) is 6.42 Å². The summed E-state index contributed by atoms with van der Waals surface area (Å²) in [6, 6.07) is -0.649. The molecule has 4 nitrogen and oxygen atoms in total. The Morgan fingerprint density at radius 1 is 0.418 bits per heavy atom. The van der Waals surface area contributed by atoms with Crippen molar-refractivity contribution in [2.45, 2.75) is 264 Å². The second kappa shape index (κ2) is 46.7. The zero-order chi connectivity index (χ0) is 40.0. The van der Waals surface area contributed by atoms with Gasteiger partial charge in [-0.25, -0.2) is 0 Å². The van der Waals surface area contributed by atoms with Crippen molar-refractivity contribution in [3.8, 4) is 0 Å². The average molecular weight is 770 g/mol. The zero-order valence-electron chi connectivity index (χ0n) is 36.9. The minimum atomic E-state index is -0.873. The highest BCUT2D eigenvalue weighted by atomic mass is 16.3. The number of rotatable bonds is 44. The van der Waals surface area contributed by atoms with Crippen LogP contribution in [0.4, 0.5) is 0 Å². The lowest BCUT2D eigenvalue weighted by atomic mass is 10.0. The van der Waals surface area contributed by atoms with E-state index >= 15 is 0 Å². The van der Waals surface area contributed by atoms with Crippen LogP contribution < -0.4 is 5.32 Å². The molecule has 0 aliphatic heterocycles. The van der Waals surface area contributed by atoms with Crippen molar-refractivity contribution in [2.75, 3.05) is 6.61 Å². The molecule has 0 bridgehead atoms. The number of hydrogen-bond donors (Lipinski definition) is 3. The van der Waals surface area contributed by atoms with Crippen molar-refractivity contribution < 1.29 is 15.0 Å². The van der Waals surface area contributed by atoms with Crippen LogP contribution >= 0.6 is 0 Å². The molecule has 2 atom stereocenters. The van der Waals surface area contributed by atoms with Gasteiger partial charge in [0, 0.05) is 6.42 Å². The summed E-state index contributed by atoms with van der Waals surface area (Å²) in [5.74, 6) is -0.0906. The first kappa shape index (κ1) is 53.4. The second-order valence-electron chi connectivity index (χ2n) is 16.5. The third kappa shape index (κ3) is 43.3. The summed E-state index contributed by atoms with van der Waals surface area (Å²) in [4.78, 5) is 12.3. The summed E-state index contributed by atoms with van der Waals surface area (Å²) in [6.45, 7) is 4.23. The lowest BCUT2D eigenvalue weighted by Gasteiger charge is -2.19. The maximum Gasteiger partial charge on any atom is 0.220 e. The summed E-state index contributed by atoms with van der Waals surface area (Å²) in [7, 11) is 0. The summed E-state index contributed by atoms with van der Waals surface area (Å²) >= 11 is 0. The molecular formula is C51H95NO3. The maximum atomic E-state index is 12.3. The third-order valence-electron chi connectivity index (χ3n) is 11.0. The van der Waals surface area contributed by atoms with Crippen molar-refractivity contribution in [1.29, 1.82) is 0 Å². The smallest absolute Gasteiger partial charge is 0.220 e. The molecule has 0 aromatic heterocycles. The van der Waals surface area contributed by atoms with Gasteiger partial charge in [0.05, 0.1) is 18.8 Å². The summed E-state index contributed by atoms with van der Waals surface area (Å²) in [5, 5.41) is 22.9. The van der Waals surface area contributed by atoms with Gasteiger partial charge in [-0.05, 0) is 64.2 Å². The minimum absolute atomic E-state index is 0.0906. The number of nitrogens with one attached hydrogen (secondary N) is 1.